The van der Waals surface area contributed by atoms with Crippen molar-refractivity contribution in [1.82, 2.24) is 9.78 Å². The summed E-state index contributed by atoms with van der Waals surface area (Å²) < 4.78 is 14.6. The maximum atomic E-state index is 13.0. The molecule has 17 heavy (non-hydrogen) atoms. The zero-order chi connectivity index (χ0) is 12.3. The van der Waals surface area contributed by atoms with Crippen LogP contribution in [0.2, 0.25) is 0 Å². The smallest absolute Gasteiger partial charge is 0.165 e. The molecule has 0 saturated carbocycles. The lowest BCUT2D eigenvalue weighted by Crippen LogP contribution is -2.00. The van der Waals surface area contributed by atoms with E-state index < -0.39 is 0 Å². The normalized spacial score (nSPS) is 10.5. The highest BCUT2D eigenvalue weighted by Crippen LogP contribution is 2.07. The molecule has 0 aliphatic carbocycles. The van der Waals surface area contributed by atoms with E-state index in [1.165, 1.54) is 12.1 Å². The summed E-state index contributed by atoms with van der Waals surface area (Å²) in [6.45, 7) is 2.28. The van der Waals surface area contributed by atoms with E-state index >= 15 is 0 Å². The van der Waals surface area contributed by atoms with Gasteiger partial charge in [0.2, 0.25) is 0 Å². The number of carbonyl (C=O) groups is 1. The van der Waals surface area contributed by atoms with Crippen LogP contribution in [0.4, 0.5) is 4.39 Å². The van der Waals surface area contributed by atoms with E-state index in [2.05, 4.69) is 5.10 Å². The van der Waals surface area contributed by atoms with Gasteiger partial charge in [0, 0.05) is 12.6 Å². The number of halogens is 1. The highest BCUT2D eigenvalue weighted by Gasteiger charge is 2.06. The number of hydrogen-bond acceptors (Lipinski definition) is 2. The van der Waals surface area contributed by atoms with Gasteiger partial charge in [-0.25, -0.2) is 4.39 Å². The van der Waals surface area contributed by atoms with Crippen LogP contribution in [0.1, 0.15) is 29.3 Å². The largest absolute Gasteiger partial charge is 0.294 e. The Hall–Kier alpha value is -1.97. The fourth-order valence-electron chi connectivity index (χ4n) is 1.62. The monoisotopic (exact) mass is 232 g/mol. The van der Waals surface area contributed by atoms with Crippen LogP contribution in [0.5, 0.6) is 0 Å². The minimum atomic E-state index is -0.264. The second-order valence-corrected chi connectivity index (χ2v) is 3.83. The third-order valence-electron chi connectivity index (χ3n) is 2.51. The quantitative estimate of drug-likeness (QED) is 0.759. The molecule has 1 aromatic carbocycles. The summed E-state index contributed by atoms with van der Waals surface area (Å²) >= 11 is 0. The van der Waals surface area contributed by atoms with Gasteiger partial charge in [-0.1, -0.05) is 19.1 Å². The van der Waals surface area contributed by atoms with Crippen molar-refractivity contribution < 1.29 is 9.18 Å². The van der Waals surface area contributed by atoms with Crippen LogP contribution >= 0.6 is 0 Å². The fourth-order valence-corrected chi connectivity index (χ4v) is 1.62. The Balaban J connectivity index is 2.14. The van der Waals surface area contributed by atoms with Gasteiger partial charge in [-0.05, 0) is 17.7 Å². The first-order chi connectivity index (χ1) is 8.19. The lowest BCUT2D eigenvalue weighted by atomic mass is 10.2. The number of hydrogen-bond donors (Lipinski definition) is 0. The summed E-state index contributed by atoms with van der Waals surface area (Å²) in [5.41, 5.74) is 1.42. The maximum Gasteiger partial charge on any atom is 0.165 e. The molecule has 0 spiro atoms. The van der Waals surface area contributed by atoms with Crippen molar-refractivity contribution in [1.29, 1.82) is 0 Å². The van der Waals surface area contributed by atoms with Crippen LogP contribution in [-0.2, 0) is 6.54 Å². The average molecular weight is 232 g/mol. The third kappa shape index (κ3) is 2.78. The molecular weight excluding hydrogens is 219 g/mol. The van der Waals surface area contributed by atoms with E-state index in [1.807, 2.05) is 13.0 Å². The molecule has 0 bridgehead atoms. The molecule has 2 aromatic rings. The molecule has 2 rings (SSSR count). The Bertz CT molecular complexity index is 534. The molecule has 0 N–H and O–H groups in total. The molecule has 0 unspecified atom stereocenters. The first kappa shape index (κ1) is 11.5. The highest BCUT2D eigenvalue weighted by atomic mass is 19.1. The molecule has 0 saturated heterocycles. The minimum absolute atomic E-state index is 0.0653. The number of ketones is 1. The van der Waals surface area contributed by atoms with Crippen LogP contribution in [0, 0.1) is 5.82 Å². The van der Waals surface area contributed by atoms with Crippen LogP contribution in [-0.4, -0.2) is 15.6 Å². The van der Waals surface area contributed by atoms with Gasteiger partial charge in [-0.15, -0.1) is 0 Å². The summed E-state index contributed by atoms with van der Waals surface area (Å²) in [4.78, 5) is 11.4. The van der Waals surface area contributed by atoms with Gasteiger partial charge in [0.25, 0.3) is 0 Å². The van der Waals surface area contributed by atoms with E-state index in [4.69, 9.17) is 0 Å². The number of aromatic nitrogens is 2. The molecule has 0 aliphatic rings. The van der Waals surface area contributed by atoms with Crippen molar-refractivity contribution in [2.75, 3.05) is 0 Å². The molecule has 0 fully saturated rings. The van der Waals surface area contributed by atoms with Gasteiger partial charge in [-0.2, -0.15) is 5.10 Å². The van der Waals surface area contributed by atoms with E-state index in [9.17, 15) is 9.18 Å². The lowest BCUT2D eigenvalue weighted by molar-refractivity contribution is 0.0988. The molecule has 0 amide bonds. The van der Waals surface area contributed by atoms with E-state index in [-0.39, 0.29) is 11.6 Å². The minimum Gasteiger partial charge on any atom is -0.294 e. The summed E-state index contributed by atoms with van der Waals surface area (Å²) in [5, 5.41) is 4.08. The molecule has 0 atom stereocenters. The number of rotatable bonds is 4. The van der Waals surface area contributed by atoms with Crippen molar-refractivity contribution >= 4 is 5.78 Å². The molecule has 1 heterocycles. The molecule has 3 nitrogen and oxygen atoms in total. The van der Waals surface area contributed by atoms with Crippen molar-refractivity contribution in [2.45, 2.75) is 19.9 Å². The van der Waals surface area contributed by atoms with Crippen molar-refractivity contribution in [3.05, 3.63) is 53.6 Å². The lowest BCUT2D eigenvalue weighted by Gasteiger charge is -2.01. The van der Waals surface area contributed by atoms with Crippen molar-refractivity contribution in [3.63, 3.8) is 0 Å². The first-order valence-electron chi connectivity index (χ1n) is 5.49. The van der Waals surface area contributed by atoms with Gasteiger partial charge in [-0.3, -0.25) is 9.48 Å². The second kappa shape index (κ2) is 4.91. The molecule has 0 aliphatic heterocycles. The van der Waals surface area contributed by atoms with Crippen LogP contribution in [0.25, 0.3) is 0 Å². The zero-order valence-electron chi connectivity index (χ0n) is 9.56. The molecule has 1 aromatic heterocycles. The SMILES string of the molecule is CCC(=O)c1cnn(Cc2cccc(F)c2)c1. The van der Waals surface area contributed by atoms with Crippen molar-refractivity contribution in [2.24, 2.45) is 0 Å². The highest BCUT2D eigenvalue weighted by molar-refractivity contribution is 5.95. The standard InChI is InChI=1S/C13H13FN2O/c1-2-13(17)11-7-15-16(9-11)8-10-4-3-5-12(14)6-10/h3-7,9H,2,8H2,1H3. The van der Waals surface area contributed by atoms with E-state index in [1.54, 1.807) is 23.1 Å². The Morgan fingerprint density at radius 1 is 1.47 bits per heavy atom. The first-order valence-corrected chi connectivity index (χ1v) is 5.49. The van der Waals surface area contributed by atoms with Gasteiger partial charge in [0.15, 0.2) is 5.78 Å². The molecular formula is C13H13FN2O. The Morgan fingerprint density at radius 2 is 2.29 bits per heavy atom. The van der Waals surface area contributed by atoms with Gasteiger partial charge in [0.1, 0.15) is 5.82 Å². The third-order valence-corrected chi connectivity index (χ3v) is 2.51. The van der Waals surface area contributed by atoms with Crippen LogP contribution in [0.15, 0.2) is 36.7 Å². The Morgan fingerprint density at radius 3 is 3.00 bits per heavy atom. The summed E-state index contributed by atoms with van der Waals surface area (Å²) in [7, 11) is 0. The molecule has 0 radical (unpaired) electrons. The summed E-state index contributed by atoms with van der Waals surface area (Å²) in [6.07, 6.45) is 3.70. The molecule has 4 heteroatoms. The van der Waals surface area contributed by atoms with Gasteiger partial charge in [0.05, 0.1) is 18.3 Å². The Kier molecular flexibility index (Phi) is 3.32. The number of nitrogens with zero attached hydrogens (tertiary/aromatic N) is 2. The predicted molar refractivity (Wildman–Crippen MR) is 62.4 cm³/mol. The topological polar surface area (TPSA) is 34.9 Å². The number of carbonyl (C=O) groups excluding carboxylic acids is 1. The number of benzene rings is 1. The van der Waals surface area contributed by atoms with Crippen LogP contribution in [0.3, 0.4) is 0 Å². The van der Waals surface area contributed by atoms with Crippen LogP contribution < -0.4 is 0 Å². The van der Waals surface area contributed by atoms with Gasteiger partial charge >= 0.3 is 0 Å². The average Bonchev–Trinajstić information content (AvgIpc) is 2.76. The van der Waals surface area contributed by atoms with E-state index in [0.717, 1.165) is 5.56 Å². The molecule has 88 valence electrons. The van der Waals surface area contributed by atoms with E-state index in [0.29, 0.717) is 18.5 Å². The van der Waals surface area contributed by atoms with Gasteiger partial charge < -0.3 is 0 Å². The maximum absolute atomic E-state index is 13.0. The van der Waals surface area contributed by atoms with Crippen molar-refractivity contribution in [3.8, 4) is 0 Å². The fraction of sp³-hybridized carbons (Fsp3) is 0.231. The Labute approximate surface area is 98.9 Å². The predicted octanol–water partition coefficient (Wildman–Crippen LogP) is 2.66. The second-order valence-electron chi connectivity index (χ2n) is 3.83. The zero-order valence-corrected chi connectivity index (χ0v) is 9.56. The summed E-state index contributed by atoms with van der Waals surface area (Å²) in [5.74, 6) is -0.199. The number of Topliss-reactive ketones (excluding diaryl/α,β-unsaturated/α-hetero) is 1. The summed E-state index contributed by atoms with van der Waals surface area (Å²) in [6, 6.07) is 6.35.